The Hall–Kier alpha value is -3.50. The Morgan fingerprint density at radius 3 is 2.50 bits per heavy atom. The van der Waals surface area contributed by atoms with Crippen LogP contribution < -0.4 is 4.90 Å². The average Bonchev–Trinajstić information content (AvgIpc) is 3.58. The quantitative estimate of drug-likeness (QED) is 0.428. The maximum absolute atomic E-state index is 13.6. The lowest BCUT2D eigenvalue weighted by Gasteiger charge is -2.43. The van der Waals surface area contributed by atoms with Crippen molar-refractivity contribution >= 4 is 29.9 Å². The molecule has 36 heavy (non-hydrogen) atoms. The van der Waals surface area contributed by atoms with Crippen molar-refractivity contribution in [2.45, 2.75) is 32.9 Å². The molecule has 1 aromatic carbocycles. The molecule has 2 aliphatic rings. The van der Waals surface area contributed by atoms with Gasteiger partial charge < -0.3 is 4.90 Å². The minimum absolute atomic E-state index is 0. The van der Waals surface area contributed by atoms with Crippen LogP contribution in [0.2, 0.25) is 0 Å². The summed E-state index contributed by atoms with van der Waals surface area (Å²) in [5, 5.41) is 11.4. The van der Waals surface area contributed by atoms with Crippen LogP contribution in [0.1, 0.15) is 20.8 Å². The van der Waals surface area contributed by atoms with Crippen LogP contribution in [-0.4, -0.2) is 83.9 Å². The van der Waals surface area contributed by atoms with Crippen molar-refractivity contribution in [1.29, 1.82) is 0 Å². The summed E-state index contributed by atoms with van der Waals surface area (Å²) in [7, 11) is 0. The number of nitrogens with one attached hydrogen (secondary N) is 1. The van der Waals surface area contributed by atoms with Crippen molar-refractivity contribution in [3.8, 4) is 22.5 Å². The number of nitrogens with zero attached hydrogens (tertiary/aromatic N) is 8. The molecular weight excluding hydrogens is 478 g/mol. The molecule has 11 heteroatoms. The van der Waals surface area contributed by atoms with E-state index in [0.717, 1.165) is 48.5 Å². The number of carbonyl (C=O) groups excluding carboxylic acids is 1. The topological polar surface area (TPSA) is 98.6 Å². The van der Waals surface area contributed by atoms with Gasteiger partial charge in [-0.3, -0.25) is 14.9 Å². The second-order valence-corrected chi connectivity index (χ2v) is 9.63. The summed E-state index contributed by atoms with van der Waals surface area (Å²) in [6.45, 7) is 10.2. The summed E-state index contributed by atoms with van der Waals surface area (Å²) in [5.41, 5.74) is 3.56. The third kappa shape index (κ3) is 4.00. The molecule has 0 spiro atoms. The molecule has 4 aromatic rings. The van der Waals surface area contributed by atoms with E-state index < -0.39 is 0 Å². The summed E-state index contributed by atoms with van der Waals surface area (Å²) in [6, 6.07) is 10.3. The first-order valence-corrected chi connectivity index (χ1v) is 12.2. The number of likely N-dealkylation sites (N-methyl/N-ethyl adjacent to an activating group) is 1. The van der Waals surface area contributed by atoms with Crippen molar-refractivity contribution in [1.82, 2.24) is 39.6 Å². The molecule has 0 aliphatic carbocycles. The number of carbonyl (C=O) groups is 1. The molecule has 10 nitrogen and oxygen atoms in total. The zero-order valence-electron chi connectivity index (χ0n) is 20.6. The molecule has 6 rings (SSSR count). The summed E-state index contributed by atoms with van der Waals surface area (Å²) in [4.78, 5) is 29.1. The second-order valence-electron chi connectivity index (χ2n) is 9.63. The summed E-state index contributed by atoms with van der Waals surface area (Å²) in [5.74, 6) is 1.65. The Morgan fingerprint density at radius 1 is 1.08 bits per heavy atom. The van der Waals surface area contributed by atoms with E-state index in [0.29, 0.717) is 17.6 Å². The van der Waals surface area contributed by atoms with Gasteiger partial charge in [-0.1, -0.05) is 45.0 Å². The molecule has 2 saturated heterocycles. The lowest BCUT2D eigenvalue weighted by Crippen LogP contribution is -2.59. The number of amides is 2. The number of likely N-dealkylation sites (tertiary alicyclic amines) is 1. The van der Waals surface area contributed by atoms with Gasteiger partial charge in [0.05, 0.1) is 18.3 Å². The molecule has 1 N–H and O–H groups in total. The molecule has 188 valence electrons. The smallest absolute Gasteiger partial charge is 0.317 e. The highest BCUT2D eigenvalue weighted by molar-refractivity contribution is 5.95. The van der Waals surface area contributed by atoms with Gasteiger partial charge >= 0.3 is 6.03 Å². The average molecular weight is 508 g/mol. The lowest BCUT2D eigenvalue weighted by atomic mass is 10.0. The minimum Gasteiger partial charge on any atom is -0.317 e. The van der Waals surface area contributed by atoms with Crippen molar-refractivity contribution < 1.29 is 4.79 Å². The SMILES string of the molecule is CCN1CC(N2C[C@H](C(C)C)N(c3ccn4ncc(-c5ccc(-c6nc[nH]n6)cc5)c4n3)C2=O)C1.Cl. The molecule has 2 amide bonds. The van der Waals surface area contributed by atoms with Gasteiger partial charge in [0.1, 0.15) is 12.1 Å². The number of aromatic amines is 1. The monoisotopic (exact) mass is 507 g/mol. The molecule has 0 bridgehead atoms. The highest BCUT2D eigenvalue weighted by atomic mass is 35.5. The van der Waals surface area contributed by atoms with Crippen LogP contribution >= 0.6 is 12.4 Å². The number of urea groups is 1. The summed E-state index contributed by atoms with van der Waals surface area (Å²) < 4.78 is 1.76. The molecule has 2 aliphatic heterocycles. The number of fused-ring (bicyclic) bond motifs is 1. The molecule has 2 fully saturated rings. The van der Waals surface area contributed by atoms with Crippen LogP contribution in [0.25, 0.3) is 28.2 Å². The van der Waals surface area contributed by atoms with Gasteiger partial charge in [0.2, 0.25) is 0 Å². The molecule has 0 saturated carbocycles. The Morgan fingerprint density at radius 2 is 1.83 bits per heavy atom. The van der Waals surface area contributed by atoms with Gasteiger partial charge in [0, 0.05) is 37.0 Å². The highest BCUT2D eigenvalue weighted by Gasteiger charge is 2.46. The summed E-state index contributed by atoms with van der Waals surface area (Å²) >= 11 is 0. The van der Waals surface area contributed by atoms with Gasteiger partial charge in [0.15, 0.2) is 11.5 Å². The van der Waals surface area contributed by atoms with Gasteiger partial charge in [-0.05, 0) is 24.1 Å². The van der Waals surface area contributed by atoms with E-state index >= 15 is 0 Å². The van der Waals surface area contributed by atoms with Gasteiger partial charge in [0.25, 0.3) is 0 Å². The number of hydrogen-bond donors (Lipinski definition) is 1. The number of rotatable bonds is 6. The van der Waals surface area contributed by atoms with E-state index in [4.69, 9.17) is 4.98 Å². The largest absolute Gasteiger partial charge is 0.326 e. The van der Waals surface area contributed by atoms with Crippen molar-refractivity contribution in [2.24, 2.45) is 5.92 Å². The van der Waals surface area contributed by atoms with Crippen LogP contribution in [0.15, 0.2) is 49.1 Å². The van der Waals surface area contributed by atoms with Gasteiger partial charge in [-0.2, -0.15) is 10.2 Å². The third-order valence-corrected chi connectivity index (χ3v) is 7.23. The number of hydrogen-bond acceptors (Lipinski definition) is 6. The number of benzene rings is 1. The Labute approximate surface area is 215 Å². The van der Waals surface area contributed by atoms with E-state index in [1.165, 1.54) is 0 Å². The van der Waals surface area contributed by atoms with Crippen LogP contribution in [-0.2, 0) is 0 Å². The Kier molecular flexibility index (Phi) is 6.40. The Bertz CT molecular complexity index is 1350. The fourth-order valence-corrected chi connectivity index (χ4v) is 5.07. The highest BCUT2D eigenvalue weighted by Crippen LogP contribution is 2.32. The van der Waals surface area contributed by atoms with Gasteiger partial charge in [-0.15, -0.1) is 12.4 Å². The second kappa shape index (κ2) is 9.51. The van der Waals surface area contributed by atoms with Gasteiger partial charge in [-0.25, -0.2) is 19.3 Å². The molecular formula is C25H30ClN9O. The Balaban J connectivity index is 0.00000267. The molecule has 1 atom stereocenters. The number of H-pyrrole nitrogens is 1. The van der Waals surface area contributed by atoms with Crippen LogP contribution in [0, 0.1) is 5.92 Å². The van der Waals surface area contributed by atoms with E-state index in [9.17, 15) is 4.79 Å². The summed E-state index contributed by atoms with van der Waals surface area (Å²) in [6.07, 6.45) is 5.27. The molecule has 3 aromatic heterocycles. The zero-order chi connectivity index (χ0) is 24.1. The predicted octanol–water partition coefficient (Wildman–Crippen LogP) is 3.57. The molecule has 0 unspecified atom stereocenters. The fourth-order valence-electron chi connectivity index (χ4n) is 5.07. The predicted molar refractivity (Wildman–Crippen MR) is 140 cm³/mol. The van der Waals surface area contributed by atoms with Crippen molar-refractivity contribution in [3.05, 3.63) is 49.1 Å². The maximum Gasteiger partial charge on any atom is 0.326 e. The van der Waals surface area contributed by atoms with E-state index in [-0.39, 0.29) is 30.5 Å². The molecule has 0 radical (unpaired) electrons. The van der Waals surface area contributed by atoms with E-state index in [1.807, 2.05) is 52.5 Å². The fraction of sp³-hybridized carbons (Fsp3) is 0.400. The van der Waals surface area contributed by atoms with Crippen LogP contribution in [0.5, 0.6) is 0 Å². The normalized spacial score (nSPS) is 18.8. The number of halogens is 1. The van der Waals surface area contributed by atoms with Crippen LogP contribution in [0.3, 0.4) is 0 Å². The first-order valence-electron chi connectivity index (χ1n) is 12.2. The first kappa shape index (κ1) is 24.2. The number of anilines is 1. The van der Waals surface area contributed by atoms with Crippen molar-refractivity contribution in [3.63, 3.8) is 0 Å². The standard InChI is InChI=1S/C25H29N9O.ClH/c1-4-31-12-19(13-31)32-14-21(16(2)3)34(25(32)35)22-9-10-33-24(29-22)20(11-28-33)17-5-7-18(8-6-17)23-26-15-27-30-23;/h5-11,15-16,19,21H,4,12-14H2,1-3H3,(H,26,27,30);1H/t21-;/m1./s1. The zero-order valence-corrected chi connectivity index (χ0v) is 21.4. The van der Waals surface area contributed by atoms with E-state index in [2.05, 4.69) is 46.0 Å². The third-order valence-electron chi connectivity index (χ3n) is 7.23. The van der Waals surface area contributed by atoms with Crippen molar-refractivity contribution in [2.75, 3.05) is 31.1 Å². The maximum atomic E-state index is 13.6. The first-order chi connectivity index (χ1) is 17.0. The minimum atomic E-state index is 0. The lowest BCUT2D eigenvalue weighted by molar-refractivity contribution is 0.0672. The molecule has 5 heterocycles. The van der Waals surface area contributed by atoms with Crippen LogP contribution in [0.4, 0.5) is 10.6 Å². The number of aromatic nitrogens is 6. The van der Waals surface area contributed by atoms with E-state index in [1.54, 1.807) is 10.8 Å².